The predicted molar refractivity (Wildman–Crippen MR) is 116 cm³/mol. The van der Waals surface area contributed by atoms with E-state index < -0.39 is 25.0 Å². The molecule has 1 heterocycles. The third-order valence-corrected chi connectivity index (χ3v) is 8.99. The van der Waals surface area contributed by atoms with E-state index in [9.17, 15) is 17.7 Å². The molecule has 1 unspecified atom stereocenters. The Hall–Kier alpha value is -1.37. The van der Waals surface area contributed by atoms with Crippen LogP contribution in [-0.4, -0.2) is 13.2 Å². The van der Waals surface area contributed by atoms with Gasteiger partial charge in [-0.15, -0.1) is 11.3 Å². The molecule has 1 aromatic heterocycles. The number of alkyl halides is 3. The van der Waals surface area contributed by atoms with E-state index in [2.05, 4.69) is 0 Å². The van der Waals surface area contributed by atoms with Crippen LogP contribution in [0.25, 0.3) is 10.1 Å². The Balaban J connectivity index is 2.07. The first-order valence-electron chi connectivity index (χ1n) is 9.41. The molecule has 0 spiro atoms. The standard InChI is InChI=1S/C21H21ClF3O3PS/c1-3-27-29(26,28-4-2)17(13-14-9-11-15(12-10-14)21(23,24)25)20-19(22)16-7-5-6-8-18(16)30-20/h5-12,17H,3-4,13H2,1-2H3. The molecule has 0 N–H and O–H groups in total. The van der Waals surface area contributed by atoms with Crippen LogP contribution >= 0.6 is 30.5 Å². The molecule has 3 aromatic rings. The molecule has 30 heavy (non-hydrogen) atoms. The molecule has 0 amide bonds. The van der Waals surface area contributed by atoms with E-state index in [4.69, 9.17) is 20.6 Å². The summed E-state index contributed by atoms with van der Waals surface area (Å²) in [4.78, 5) is 0.642. The fourth-order valence-corrected chi connectivity index (χ4v) is 7.40. The maximum absolute atomic E-state index is 13.7. The van der Waals surface area contributed by atoms with Gasteiger partial charge >= 0.3 is 13.8 Å². The van der Waals surface area contributed by atoms with E-state index in [1.807, 2.05) is 24.3 Å². The van der Waals surface area contributed by atoms with Gasteiger partial charge < -0.3 is 9.05 Å². The van der Waals surface area contributed by atoms with E-state index in [0.717, 1.165) is 22.2 Å². The number of benzene rings is 2. The normalized spacial score (nSPS) is 13.7. The van der Waals surface area contributed by atoms with Gasteiger partial charge in [0.1, 0.15) is 5.66 Å². The van der Waals surface area contributed by atoms with Crippen molar-refractivity contribution in [3.63, 3.8) is 0 Å². The zero-order valence-electron chi connectivity index (χ0n) is 16.4. The predicted octanol–water partition coefficient (Wildman–Crippen LogP) is 8.12. The molecule has 9 heteroatoms. The van der Waals surface area contributed by atoms with Crippen molar-refractivity contribution < 1.29 is 26.8 Å². The van der Waals surface area contributed by atoms with Crippen molar-refractivity contribution in [2.75, 3.05) is 13.2 Å². The smallest absolute Gasteiger partial charge is 0.308 e. The van der Waals surface area contributed by atoms with Gasteiger partial charge in [-0.3, -0.25) is 4.57 Å². The van der Waals surface area contributed by atoms with E-state index >= 15 is 0 Å². The second kappa shape index (κ2) is 9.41. The fourth-order valence-electron chi connectivity index (χ4n) is 3.23. The molecule has 3 rings (SSSR count). The molecule has 1 atom stereocenters. The summed E-state index contributed by atoms with van der Waals surface area (Å²) in [5.41, 5.74) is -0.888. The lowest BCUT2D eigenvalue weighted by molar-refractivity contribution is -0.137. The van der Waals surface area contributed by atoms with Gasteiger partial charge in [-0.2, -0.15) is 13.2 Å². The molecule has 0 aliphatic carbocycles. The van der Waals surface area contributed by atoms with E-state index in [1.165, 1.54) is 23.5 Å². The number of thiophene rings is 1. The monoisotopic (exact) mass is 476 g/mol. The zero-order chi connectivity index (χ0) is 21.9. The van der Waals surface area contributed by atoms with Crippen LogP contribution in [0.1, 0.15) is 35.5 Å². The van der Waals surface area contributed by atoms with Crippen LogP contribution < -0.4 is 0 Å². The van der Waals surface area contributed by atoms with Crippen LogP contribution in [0.15, 0.2) is 48.5 Å². The molecule has 0 aliphatic rings. The number of rotatable bonds is 8. The summed E-state index contributed by atoms with van der Waals surface area (Å²) in [7, 11) is -3.64. The Morgan fingerprint density at radius 2 is 1.63 bits per heavy atom. The largest absolute Gasteiger partial charge is 0.416 e. The lowest BCUT2D eigenvalue weighted by Gasteiger charge is -2.26. The highest BCUT2D eigenvalue weighted by molar-refractivity contribution is 7.54. The second-order valence-corrected chi connectivity index (χ2v) is 10.2. The number of halogens is 4. The van der Waals surface area contributed by atoms with E-state index in [0.29, 0.717) is 15.5 Å². The summed E-state index contributed by atoms with van der Waals surface area (Å²) in [6.07, 6.45) is -4.25. The summed E-state index contributed by atoms with van der Waals surface area (Å²) < 4.78 is 64.5. The van der Waals surface area contributed by atoms with Crippen LogP contribution in [0.2, 0.25) is 5.02 Å². The van der Waals surface area contributed by atoms with Gasteiger partial charge in [0.15, 0.2) is 0 Å². The topological polar surface area (TPSA) is 35.5 Å². The molecule has 0 radical (unpaired) electrons. The first-order chi connectivity index (χ1) is 14.2. The van der Waals surface area contributed by atoms with E-state index in [-0.39, 0.29) is 19.6 Å². The highest BCUT2D eigenvalue weighted by Crippen LogP contribution is 2.64. The van der Waals surface area contributed by atoms with Gasteiger partial charge in [0.2, 0.25) is 0 Å². The Morgan fingerprint density at radius 1 is 1.03 bits per heavy atom. The van der Waals surface area contributed by atoms with Crippen LogP contribution in [0.5, 0.6) is 0 Å². The molecule has 0 bridgehead atoms. The van der Waals surface area contributed by atoms with Gasteiger partial charge in [-0.25, -0.2) is 0 Å². The highest BCUT2D eigenvalue weighted by atomic mass is 35.5. The molecule has 3 nitrogen and oxygen atoms in total. The highest BCUT2D eigenvalue weighted by Gasteiger charge is 2.40. The molecule has 2 aromatic carbocycles. The van der Waals surface area contributed by atoms with Crippen molar-refractivity contribution in [3.8, 4) is 0 Å². The minimum absolute atomic E-state index is 0.169. The maximum Gasteiger partial charge on any atom is 0.416 e. The molecule has 0 fully saturated rings. The van der Waals surface area contributed by atoms with Gasteiger partial charge in [-0.05, 0) is 44.0 Å². The summed E-state index contributed by atoms with van der Waals surface area (Å²) >= 11 is 8.03. The van der Waals surface area contributed by atoms with Crippen molar-refractivity contribution in [3.05, 3.63) is 69.6 Å². The van der Waals surface area contributed by atoms with Crippen LogP contribution in [0.4, 0.5) is 13.2 Å². The lowest BCUT2D eigenvalue weighted by Crippen LogP contribution is -2.10. The van der Waals surface area contributed by atoms with Gasteiger partial charge in [0.25, 0.3) is 0 Å². The third kappa shape index (κ3) is 4.92. The van der Waals surface area contributed by atoms with E-state index in [1.54, 1.807) is 13.8 Å². The van der Waals surface area contributed by atoms with Gasteiger partial charge in [0.05, 0.1) is 23.8 Å². The van der Waals surface area contributed by atoms with Crippen LogP contribution in [0, 0.1) is 0 Å². The van der Waals surface area contributed by atoms with Crippen molar-refractivity contribution >= 4 is 40.6 Å². The van der Waals surface area contributed by atoms with Gasteiger partial charge in [-0.1, -0.05) is 41.9 Å². The summed E-state index contributed by atoms with van der Waals surface area (Å²) in [6, 6.07) is 12.3. The average Bonchev–Trinajstić information content (AvgIpc) is 3.03. The lowest BCUT2D eigenvalue weighted by atomic mass is 10.1. The number of hydrogen-bond acceptors (Lipinski definition) is 4. The molecular formula is C21H21ClF3O3PS. The average molecular weight is 477 g/mol. The molecule has 162 valence electrons. The zero-order valence-corrected chi connectivity index (χ0v) is 18.9. The van der Waals surface area contributed by atoms with Crippen LogP contribution in [-0.2, 0) is 26.2 Å². The quantitative estimate of drug-likeness (QED) is 0.308. The second-order valence-electron chi connectivity index (χ2n) is 6.57. The third-order valence-electron chi connectivity index (χ3n) is 4.57. The Labute approximate surface area is 182 Å². The fraction of sp³-hybridized carbons (Fsp3) is 0.333. The van der Waals surface area contributed by atoms with Crippen molar-refractivity contribution in [2.24, 2.45) is 0 Å². The first kappa shape index (κ1) is 23.3. The summed E-state index contributed by atoms with van der Waals surface area (Å²) in [5, 5.41) is 1.29. The van der Waals surface area contributed by atoms with Crippen LogP contribution in [0.3, 0.4) is 0 Å². The Kier molecular flexibility index (Phi) is 7.31. The summed E-state index contributed by atoms with van der Waals surface area (Å²) in [6.45, 7) is 3.77. The number of fused-ring (bicyclic) bond motifs is 1. The molecular weight excluding hydrogens is 456 g/mol. The summed E-state index contributed by atoms with van der Waals surface area (Å²) in [5.74, 6) is 0. The Bertz CT molecular complexity index is 1040. The molecule has 0 saturated heterocycles. The van der Waals surface area contributed by atoms with Crippen molar-refractivity contribution in [1.82, 2.24) is 0 Å². The van der Waals surface area contributed by atoms with Gasteiger partial charge in [0, 0.05) is 15.0 Å². The molecule has 0 saturated carbocycles. The minimum Gasteiger partial charge on any atom is -0.308 e. The first-order valence-corrected chi connectivity index (χ1v) is 12.2. The van der Waals surface area contributed by atoms with Crippen molar-refractivity contribution in [2.45, 2.75) is 32.1 Å². The SMILES string of the molecule is CCOP(=O)(OCC)C(Cc1ccc(C(F)(F)F)cc1)c1sc2ccccc2c1Cl. The minimum atomic E-state index is -4.42. The maximum atomic E-state index is 13.7. The number of hydrogen-bond donors (Lipinski definition) is 0. The Morgan fingerprint density at radius 3 is 2.17 bits per heavy atom. The molecule has 0 aliphatic heterocycles. The van der Waals surface area contributed by atoms with Crippen molar-refractivity contribution in [1.29, 1.82) is 0 Å².